The van der Waals surface area contributed by atoms with Gasteiger partial charge in [-0.05, 0) is 35.4 Å². The van der Waals surface area contributed by atoms with Crippen molar-refractivity contribution in [1.82, 2.24) is 29.2 Å². The summed E-state index contributed by atoms with van der Waals surface area (Å²) in [7, 11) is 4.86. The first-order valence-corrected chi connectivity index (χ1v) is 13.4. The molecule has 1 atom stereocenters. The van der Waals surface area contributed by atoms with E-state index in [4.69, 9.17) is 0 Å². The quantitative estimate of drug-likeness (QED) is 0.356. The predicted octanol–water partition coefficient (Wildman–Crippen LogP) is 1.61. The third-order valence-electron chi connectivity index (χ3n) is 7.49. The topological polar surface area (TPSA) is 139 Å². The summed E-state index contributed by atoms with van der Waals surface area (Å²) >= 11 is 1.17. The second-order valence-corrected chi connectivity index (χ2v) is 11.0. The molecule has 0 saturated carbocycles. The number of nitrogens with one attached hydrogen (secondary N) is 2. The van der Waals surface area contributed by atoms with Crippen LogP contribution in [0.2, 0.25) is 0 Å². The number of para-hydroxylation sites is 2. The molecule has 0 radical (unpaired) electrons. The number of urea groups is 1. The minimum absolute atomic E-state index is 0.232. The summed E-state index contributed by atoms with van der Waals surface area (Å²) in [5, 5.41) is 7.16. The number of carbonyl (C=O) groups excluding carboxylic acids is 4. The van der Waals surface area contributed by atoms with Crippen molar-refractivity contribution in [2.45, 2.75) is 24.9 Å². The molecule has 2 N–H and O–H groups in total. The van der Waals surface area contributed by atoms with Gasteiger partial charge in [0.2, 0.25) is 5.91 Å². The second kappa shape index (κ2) is 9.16. The Kier molecular flexibility index (Phi) is 5.84. The van der Waals surface area contributed by atoms with Gasteiger partial charge in [-0.25, -0.2) is 19.1 Å². The molecule has 1 aliphatic heterocycles. The summed E-state index contributed by atoms with van der Waals surface area (Å²) in [5.74, 6) is -1.01. The fourth-order valence-corrected chi connectivity index (χ4v) is 6.16. The molecule has 204 valence electrons. The van der Waals surface area contributed by atoms with Crippen LogP contribution in [0.5, 0.6) is 0 Å². The number of benzene rings is 2. The molecule has 1 unspecified atom stereocenters. The van der Waals surface area contributed by atoms with Crippen molar-refractivity contribution in [2.24, 2.45) is 0 Å². The number of likely N-dealkylation sites (N-methyl/N-ethyl adjacent to an activating group) is 1. The van der Waals surface area contributed by atoms with E-state index in [0.29, 0.717) is 34.7 Å². The van der Waals surface area contributed by atoms with Crippen molar-refractivity contribution < 1.29 is 19.2 Å². The van der Waals surface area contributed by atoms with E-state index in [1.54, 1.807) is 62.9 Å². The van der Waals surface area contributed by atoms with Crippen molar-refractivity contribution in [3.8, 4) is 5.13 Å². The fourth-order valence-electron chi connectivity index (χ4n) is 5.36. The Morgan fingerprint density at radius 3 is 2.50 bits per heavy atom. The maximum Gasteiger partial charge on any atom is 0.336 e. The van der Waals surface area contributed by atoms with E-state index in [2.05, 4.69) is 15.6 Å². The molecule has 2 aromatic carbocycles. The van der Waals surface area contributed by atoms with Crippen molar-refractivity contribution in [3.63, 3.8) is 0 Å². The third kappa shape index (κ3) is 3.88. The van der Waals surface area contributed by atoms with Gasteiger partial charge in [0.25, 0.3) is 11.8 Å². The van der Waals surface area contributed by atoms with Gasteiger partial charge in [0.15, 0.2) is 5.13 Å². The van der Waals surface area contributed by atoms with Crippen LogP contribution in [0.4, 0.5) is 10.5 Å². The van der Waals surface area contributed by atoms with E-state index < -0.39 is 23.2 Å². The van der Waals surface area contributed by atoms with Gasteiger partial charge in [0.1, 0.15) is 17.8 Å². The first-order valence-electron chi connectivity index (χ1n) is 12.5. The molecule has 0 bridgehead atoms. The number of rotatable bonds is 5. The van der Waals surface area contributed by atoms with Crippen LogP contribution in [0.1, 0.15) is 21.6 Å². The normalized spacial score (nSPS) is 17.9. The number of nitrogens with zero attached hydrogens (tertiary/aromatic N) is 5. The lowest BCUT2D eigenvalue weighted by atomic mass is 9.95. The molecular weight excluding hydrogens is 534 g/mol. The van der Waals surface area contributed by atoms with Crippen molar-refractivity contribution in [3.05, 3.63) is 75.1 Å². The molecule has 1 spiro atoms. The molecule has 5 amide bonds. The van der Waals surface area contributed by atoms with Gasteiger partial charge >= 0.3 is 11.7 Å². The molecule has 4 aromatic rings. The summed E-state index contributed by atoms with van der Waals surface area (Å²) in [5.41, 5.74) is 2.27. The molecule has 2 aromatic heterocycles. The monoisotopic (exact) mass is 559 g/mol. The predicted molar refractivity (Wildman–Crippen MR) is 148 cm³/mol. The van der Waals surface area contributed by atoms with Gasteiger partial charge in [0.05, 0.1) is 11.0 Å². The molecule has 13 heteroatoms. The van der Waals surface area contributed by atoms with Crippen LogP contribution in [0.3, 0.4) is 0 Å². The molecule has 40 heavy (non-hydrogen) atoms. The van der Waals surface area contributed by atoms with Crippen LogP contribution in [-0.2, 0) is 29.0 Å². The highest BCUT2D eigenvalue weighted by Gasteiger charge is 2.54. The van der Waals surface area contributed by atoms with Crippen molar-refractivity contribution in [2.75, 3.05) is 26.5 Å². The molecule has 1 saturated heterocycles. The standard InChI is InChI=1S/C27H25N7O5S/c1-31(2)22(36)18-14-40-25(29-18)34-20-7-5-4-6-19(20)33(26(34)39)13-21(35)28-17-9-8-15-11-27(12-16(15)10-17)23(37)30-24(38)32(27)3/h4-10,14H,11-13H2,1-3H3,(H,28,35)(H,30,37,38). The third-order valence-corrected chi connectivity index (χ3v) is 8.32. The summed E-state index contributed by atoms with van der Waals surface area (Å²) < 4.78 is 2.77. The average molecular weight is 560 g/mol. The number of anilines is 1. The number of hydrogen-bond acceptors (Lipinski definition) is 7. The molecule has 1 fully saturated rings. The van der Waals surface area contributed by atoms with Gasteiger partial charge in [-0.1, -0.05) is 18.2 Å². The molecule has 1 aliphatic carbocycles. The fraction of sp³-hybridized carbons (Fsp3) is 0.259. The highest BCUT2D eigenvalue weighted by molar-refractivity contribution is 7.12. The van der Waals surface area contributed by atoms with E-state index in [1.165, 1.54) is 30.3 Å². The number of carbonyl (C=O) groups is 4. The van der Waals surface area contributed by atoms with Gasteiger partial charge < -0.3 is 15.1 Å². The maximum atomic E-state index is 13.5. The van der Waals surface area contributed by atoms with Gasteiger partial charge in [-0.2, -0.15) is 0 Å². The van der Waals surface area contributed by atoms with Gasteiger partial charge in [0, 0.05) is 45.1 Å². The Hall–Kier alpha value is -4.78. The summed E-state index contributed by atoms with van der Waals surface area (Å²) in [4.78, 5) is 70.8. The Balaban J connectivity index is 1.26. The molecular formula is C27H25N7O5S. The minimum Gasteiger partial charge on any atom is -0.343 e. The van der Waals surface area contributed by atoms with Crippen LogP contribution < -0.4 is 16.3 Å². The van der Waals surface area contributed by atoms with Crippen LogP contribution in [0.25, 0.3) is 16.2 Å². The number of imide groups is 1. The average Bonchev–Trinajstić information content (AvgIpc) is 3.66. The van der Waals surface area contributed by atoms with Crippen LogP contribution in [0.15, 0.2) is 52.6 Å². The van der Waals surface area contributed by atoms with E-state index in [0.717, 1.165) is 11.1 Å². The van der Waals surface area contributed by atoms with Crippen molar-refractivity contribution in [1.29, 1.82) is 0 Å². The first kappa shape index (κ1) is 25.5. The highest BCUT2D eigenvalue weighted by Crippen LogP contribution is 2.38. The number of hydrogen-bond donors (Lipinski definition) is 2. The van der Waals surface area contributed by atoms with Crippen LogP contribution in [0, 0.1) is 0 Å². The smallest absolute Gasteiger partial charge is 0.336 e. The number of aromatic nitrogens is 3. The van der Waals surface area contributed by atoms with E-state index in [-0.39, 0.29) is 24.1 Å². The number of fused-ring (bicyclic) bond motifs is 2. The first-order chi connectivity index (χ1) is 19.1. The number of amides is 5. The minimum atomic E-state index is -0.954. The molecule has 2 aliphatic rings. The van der Waals surface area contributed by atoms with Crippen LogP contribution >= 0.6 is 11.3 Å². The largest absolute Gasteiger partial charge is 0.343 e. The second-order valence-electron chi connectivity index (χ2n) is 10.1. The Bertz CT molecular complexity index is 1800. The van der Waals surface area contributed by atoms with Crippen molar-refractivity contribution >= 4 is 51.8 Å². The summed E-state index contributed by atoms with van der Waals surface area (Å²) in [6.45, 7) is -0.248. The lowest BCUT2D eigenvalue weighted by Gasteiger charge is -2.27. The summed E-state index contributed by atoms with van der Waals surface area (Å²) in [6, 6.07) is 12.0. The zero-order chi connectivity index (χ0) is 28.3. The Morgan fingerprint density at radius 1 is 1.07 bits per heavy atom. The zero-order valence-corrected chi connectivity index (χ0v) is 22.7. The molecule has 3 heterocycles. The summed E-state index contributed by atoms with van der Waals surface area (Å²) in [6.07, 6.45) is 0.747. The lowest BCUT2D eigenvalue weighted by Crippen LogP contribution is -2.48. The van der Waals surface area contributed by atoms with Gasteiger partial charge in [-0.3, -0.25) is 24.3 Å². The highest BCUT2D eigenvalue weighted by atomic mass is 32.1. The molecule has 6 rings (SSSR count). The number of imidazole rings is 1. The zero-order valence-electron chi connectivity index (χ0n) is 21.9. The Labute approximate surface area is 231 Å². The molecule has 12 nitrogen and oxygen atoms in total. The Morgan fingerprint density at radius 2 is 1.80 bits per heavy atom. The SMILES string of the molecule is CN(C)C(=O)c1csc(-n2c(=O)n(CC(=O)Nc3ccc4c(c3)CC3(C4)C(=O)NC(=O)N3C)c3ccccc32)n1. The van der Waals surface area contributed by atoms with E-state index in [1.807, 2.05) is 6.07 Å². The van der Waals surface area contributed by atoms with Gasteiger partial charge in [-0.15, -0.1) is 11.3 Å². The van der Waals surface area contributed by atoms with E-state index >= 15 is 0 Å². The lowest BCUT2D eigenvalue weighted by molar-refractivity contribution is -0.125. The van der Waals surface area contributed by atoms with E-state index in [9.17, 15) is 24.0 Å². The van der Waals surface area contributed by atoms with Crippen LogP contribution in [-0.4, -0.2) is 74.4 Å². The maximum absolute atomic E-state index is 13.5. The number of thiazole rings is 1.